The van der Waals surface area contributed by atoms with Gasteiger partial charge < -0.3 is 16.0 Å². The van der Waals surface area contributed by atoms with Crippen molar-refractivity contribution in [1.29, 1.82) is 0 Å². The normalized spacial score (nSPS) is 12.8. The van der Waals surface area contributed by atoms with Gasteiger partial charge in [-0.05, 0) is 31.4 Å². The first-order valence-corrected chi connectivity index (χ1v) is 8.83. The maximum absolute atomic E-state index is 11.9. The highest BCUT2D eigenvalue weighted by Gasteiger charge is 2.06. The van der Waals surface area contributed by atoms with Gasteiger partial charge in [-0.2, -0.15) is 0 Å². The number of carbonyl (C=O) groups is 1. The van der Waals surface area contributed by atoms with E-state index in [0.717, 1.165) is 18.3 Å². The predicted octanol–water partition coefficient (Wildman–Crippen LogP) is 2.80. The van der Waals surface area contributed by atoms with Crippen molar-refractivity contribution in [2.24, 2.45) is 10.9 Å². The molecule has 0 heterocycles. The molecule has 0 saturated heterocycles. The van der Waals surface area contributed by atoms with Crippen molar-refractivity contribution in [2.45, 2.75) is 46.1 Å². The van der Waals surface area contributed by atoms with Crippen LogP contribution in [0.4, 0.5) is 0 Å². The van der Waals surface area contributed by atoms with E-state index in [1.165, 1.54) is 12.8 Å². The van der Waals surface area contributed by atoms with Crippen molar-refractivity contribution in [3.05, 3.63) is 35.9 Å². The molecule has 1 aromatic carbocycles. The van der Waals surface area contributed by atoms with Crippen LogP contribution in [-0.2, 0) is 0 Å². The minimum Gasteiger partial charge on any atom is -0.355 e. The van der Waals surface area contributed by atoms with E-state index in [1.807, 2.05) is 30.3 Å². The SMILES string of the molecule is CN=C(NCCNC(=O)c1ccccc1)NC(C)CCCC(C)C. The van der Waals surface area contributed by atoms with Crippen LogP contribution < -0.4 is 16.0 Å². The van der Waals surface area contributed by atoms with Gasteiger partial charge in [-0.15, -0.1) is 0 Å². The lowest BCUT2D eigenvalue weighted by Gasteiger charge is -2.18. The van der Waals surface area contributed by atoms with Gasteiger partial charge in [-0.3, -0.25) is 9.79 Å². The molecule has 1 aromatic rings. The predicted molar refractivity (Wildman–Crippen MR) is 101 cm³/mol. The molecule has 3 N–H and O–H groups in total. The van der Waals surface area contributed by atoms with E-state index in [1.54, 1.807) is 7.05 Å². The molecule has 0 aliphatic rings. The van der Waals surface area contributed by atoms with Gasteiger partial charge in [0.15, 0.2) is 5.96 Å². The van der Waals surface area contributed by atoms with Gasteiger partial charge in [0.2, 0.25) is 0 Å². The Hall–Kier alpha value is -2.04. The number of rotatable bonds is 9. The van der Waals surface area contributed by atoms with E-state index in [2.05, 4.69) is 41.7 Å². The number of hydrogen-bond donors (Lipinski definition) is 3. The minimum absolute atomic E-state index is 0.0533. The van der Waals surface area contributed by atoms with E-state index in [-0.39, 0.29) is 5.91 Å². The summed E-state index contributed by atoms with van der Waals surface area (Å²) in [6.07, 6.45) is 3.60. The Morgan fingerprint density at radius 1 is 1.04 bits per heavy atom. The molecule has 5 nitrogen and oxygen atoms in total. The third-order valence-electron chi connectivity index (χ3n) is 3.76. The van der Waals surface area contributed by atoms with Crippen molar-refractivity contribution in [3.8, 4) is 0 Å². The van der Waals surface area contributed by atoms with Crippen LogP contribution in [0.1, 0.15) is 50.4 Å². The molecular formula is C19H32N4O. The molecule has 0 bridgehead atoms. The van der Waals surface area contributed by atoms with Crippen molar-refractivity contribution in [3.63, 3.8) is 0 Å². The standard InChI is InChI=1S/C19H32N4O/c1-15(2)9-8-10-16(3)23-19(20-4)22-14-13-21-18(24)17-11-6-5-7-12-17/h5-7,11-12,15-16H,8-10,13-14H2,1-4H3,(H,21,24)(H2,20,22,23). The van der Waals surface area contributed by atoms with Gasteiger partial charge in [0.05, 0.1) is 0 Å². The Morgan fingerprint density at radius 2 is 1.71 bits per heavy atom. The molecular weight excluding hydrogens is 300 g/mol. The number of amides is 1. The zero-order valence-corrected chi connectivity index (χ0v) is 15.4. The van der Waals surface area contributed by atoms with Gasteiger partial charge in [0, 0.05) is 31.7 Å². The van der Waals surface area contributed by atoms with Crippen LogP contribution >= 0.6 is 0 Å². The molecule has 1 atom stereocenters. The summed E-state index contributed by atoms with van der Waals surface area (Å²) >= 11 is 0. The number of aliphatic imine (C=N–C) groups is 1. The average molecular weight is 332 g/mol. The minimum atomic E-state index is -0.0533. The van der Waals surface area contributed by atoms with Crippen LogP contribution in [0.2, 0.25) is 0 Å². The topological polar surface area (TPSA) is 65.5 Å². The lowest BCUT2D eigenvalue weighted by atomic mass is 10.0. The van der Waals surface area contributed by atoms with E-state index >= 15 is 0 Å². The number of nitrogens with one attached hydrogen (secondary N) is 3. The van der Waals surface area contributed by atoms with Gasteiger partial charge >= 0.3 is 0 Å². The number of benzene rings is 1. The molecule has 0 aliphatic carbocycles. The highest BCUT2D eigenvalue weighted by atomic mass is 16.1. The van der Waals surface area contributed by atoms with Crippen LogP contribution in [0.3, 0.4) is 0 Å². The van der Waals surface area contributed by atoms with Gasteiger partial charge in [0.25, 0.3) is 5.91 Å². The Bertz CT molecular complexity index is 499. The second-order valence-electron chi connectivity index (χ2n) is 6.49. The Labute approximate surface area is 146 Å². The van der Waals surface area contributed by atoms with Crippen molar-refractivity contribution in [1.82, 2.24) is 16.0 Å². The summed E-state index contributed by atoms with van der Waals surface area (Å²) in [6.45, 7) is 7.86. The van der Waals surface area contributed by atoms with Crippen LogP contribution in [0.15, 0.2) is 35.3 Å². The van der Waals surface area contributed by atoms with E-state index in [4.69, 9.17) is 0 Å². The van der Waals surface area contributed by atoms with Crippen LogP contribution in [0.5, 0.6) is 0 Å². The summed E-state index contributed by atoms with van der Waals surface area (Å²) in [5, 5.41) is 9.51. The fourth-order valence-corrected chi connectivity index (χ4v) is 2.38. The molecule has 0 aliphatic heterocycles. The smallest absolute Gasteiger partial charge is 0.251 e. The quantitative estimate of drug-likeness (QED) is 0.370. The van der Waals surface area contributed by atoms with E-state index in [9.17, 15) is 4.79 Å². The largest absolute Gasteiger partial charge is 0.355 e. The van der Waals surface area contributed by atoms with Gasteiger partial charge in [-0.25, -0.2) is 0 Å². The second-order valence-corrected chi connectivity index (χ2v) is 6.49. The summed E-state index contributed by atoms with van der Waals surface area (Å²) in [7, 11) is 1.76. The lowest BCUT2D eigenvalue weighted by Crippen LogP contribution is -2.44. The van der Waals surface area contributed by atoms with Gasteiger partial charge in [0.1, 0.15) is 0 Å². The molecule has 0 fully saturated rings. The summed E-state index contributed by atoms with van der Waals surface area (Å²) in [6, 6.07) is 9.62. The van der Waals surface area contributed by atoms with Crippen LogP contribution in [0, 0.1) is 5.92 Å². The maximum Gasteiger partial charge on any atom is 0.251 e. The maximum atomic E-state index is 11.9. The number of nitrogens with zero attached hydrogens (tertiary/aromatic N) is 1. The zero-order valence-electron chi connectivity index (χ0n) is 15.4. The third-order valence-corrected chi connectivity index (χ3v) is 3.76. The first-order valence-electron chi connectivity index (χ1n) is 8.83. The molecule has 0 aromatic heterocycles. The van der Waals surface area contributed by atoms with E-state index in [0.29, 0.717) is 24.7 Å². The highest BCUT2D eigenvalue weighted by Crippen LogP contribution is 2.08. The van der Waals surface area contributed by atoms with Crippen molar-refractivity contribution in [2.75, 3.05) is 20.1 Å². The summed E-state index contributed by atoms with van der Waals surface area (Å²) in [5.41, 5.74) is 0.679. The molecule has 0 saturated carbocycles. The third kappa shape index (κ3) is 8.56. The average Bonchev–Trinajstić information content (AvgIpc) is 2.57. The molecule has 1 unspecified atom stereocenters. The summed E-state index contributed by atoms with van der Waals surface area (Å²) in [4.78, 5) is 16.2. The first-order chi connectivity index (χ1) is 11.5. The Morgan fingerprint density at radius 3 is 2.33 bits per heavy atom. The monoisotopic (exact) mass is 332 g/mol. The van der Waals surface area contributed by atoms with Crippen molar-refractivity contribution >= 4 is 11.9 Å². The van der Waals surface area contributed by atoms with Crippen LogP contribution in [0.25, 0.3) is 0 Å². The first kappa shape index (κ1) is 20.0. The summed E-state index contributed by atoms with van der Waals surface area (Å²) < 4.78 is 0. The molecule has 134 valence electrons. The molecule has 0 radical (unpaired) electrons. The molecule has 0 spiro atoms. The summed E-state index contributed by atoms with van der Waals surface area (Å²) in [5.74, 6) is 1.48. The fraction of sp³-hybridized carbons (Fsp3) is 0.579. The van der Waals surface area contributed by atoms with Gasteiger partial charge in [-0.1, -0.05) is 44.9 Å². The second kappa shape index (κ2) is 11.5. The zero-order chi connectivity index (χ0) is 17.8. The Balaban J connectivity index is 2.21. The van der Waals surface area contributed by atoms with Crippen LogP contribution in [-0.4, -0.2) is 38.0 Å². The highest BCUT2D eigenvalue weighted by molar-refractivity contribution is 5.94. The fourth-order valence-electron chi connectivity index (χ4n) is 2.38. The number of guanidine groups is 1. The van der Waals surface area contributed by atoms with Crippen molar-refractivity contribution < 1.29 is 4.79 Å². The van der Waals surface area contributed by atoms with E-state index < -0.39 is 0 Å². The molecule has 1 rings (SSSR count). The molecule has 1 amide bonds. The number of carbonyl (C=O) groups excluding carboxylic acids is 1. The Kier molecular flexibility index (Phi) is 9.58. The molecule has 5 heteroatoms. The molecule has 24 heavy (non-hydrogen) atoms. The lowest BCUT2D eigenvalue weighted by molar-refractivity contribution is 0.0954. The number of hydrogen-bond acceptors (Lipinski definition) is 2.